The highest BCUT2D eigenvalue weighted by atomic mass is 35.5. The van der Waals surface area contributed by atoms with Crippen LogP contribution in [0.25, 0.3) is 0 Å². The molecule has 1 aliphatic rings. The molecule has 8 heteroatoms. The van der Waals surface area contributed by atoms with Gasteiger partial charge in [0, 0.05) is 32.4 Å². The number of hydrogen-bond acceptors (Lipinski definition) is 4. The first-order valence-corrected chi connectivity index (χ1v) is 11.8. The molecule has 29 heavy (non-hydrogen) atoms. The van der Waals surface area contributed by atoms with E-state index in [0.717, 1.165) is 29.2 Å². The van der Waals surface area contributed by atoms with E-state index < -0.39 is 10.0 Å². The highest BCUT2D eigenvalue weighted by Gasteiger charge is 2.17. The zero-order valence-corrected chi connectivity index (χ0v) is 18.3. The Morgan fingerprint density at radius 3 is 2.38 bits per heavy atom. The van der Waals surface area contributed by atoms with Gasteiger partial charge in [-0.3, -0.25) is 9.10 Å². The molecule has 0 atom stereocenters. The molecule has 0 aliphatic carbocycles. The number of amides is 1. The number of sulfonamides is 1. The van der Waals surface area contributed by atoms with E-state index in [2.05, 4.69) is 22.3 Å². The molecule has 1 N–H and O–H groups in total. The Morgan fingerprint density at radius 1 is 1.10 bits per heavy atom. The van der Waals surface area contributed by atoms with Crippen molar-refractivity contribution in [3.8, 4) is 0 Å². The van der Waals surface area contributed by atoms with E-state index in [9.17, 15) is 13.2 Å². The van der Waals surface area contributed by atoms with Gasteiger partial charge in [0.15, 0.2) is 0 Å². The van der Waals surface area contributed by atoms with Crippen molar-refractivity contribution in [2.45, 2.75) is 25.8 Å². The highest BCUT2D eigenvalue weighted by Crippen LogP contribution is 2.24. The Balaban J connectivity index is 1.66. The fraction of sp³-hybridized carbons (Fsp3) is 0.381. The summed E-state index contributed by atoms with van der Waals surface area (Å²) in [5, 5.41) is 3.13. The van der Waals surface area contributed by atoms with Gasteiger partial charge in [0.1, 0.15) is 0 Å². The molecule has 1 fully saturated rings. The topological polar surface area (TPSA) is 69.7 Å². The summed E-state index contributed by atoms with van der Waals surface area (Å²) in [7, 11) is -1.99. The molecule has 2 aromatic rings. The summed E-state index contributed by atoms with van der Waals surface area (Å²) in [6.07, 6.45) is 4.86. The lowest BCUT2D eigenvalue weighted by molar-refractivity contribution is 0.0951. The van der Waals surface area contributed by atoms with Crippen LogP contribution in [0.3, 0.4) is 0 Å². The van der Waals surface area contributed by atoms with E-state index in [0.29, 0.717) is 12.2 Å². The van der Waals surface area contributed by atoms with Crippen molar-refractivity contribution in [2.24, 2.45) is 0 Å². The van der Waals surface area contributed by atoms with Crippen LogP contribution in [0.1, 0.15) is 35.2 Å². The number of rotatable bonds is 6. The summed E-state index contributed by atoms with van der Waals surface area (Å²) >= 11 is 6.16. The molecule has 0 saturated carbocycles. The quantitative estimate of drug-likeness (QED) is 0.751. The van der Waals surface area contributed by atoms with Gasteiger partial charge < -0.3 is 10.2 Å². The average Bonchev–Trinajstić information content (AvgIpc) is 2.72. The number of piperidine rings is 1. The van der Waals surface area contributed by atoms with Crippen molar-refractivity contribution < 1.29 is 13.2 Å². The molecule has 1 heterocycles. The standard InChI is InChI=1S/C21H26ClN3O3S/c1-24(29(2,27)28)18-10-11-20(22)19(14-18)21(26)23-15-16-6-8-17(9-7-16)25-12-4-3-5-13-25/h6-11,14H,3-5,12-13,15H2,1-2H3,(H,23,26). The van der Waals surface area contributed by atoms with Crippen molar-refractivity contribution >= 4 is 38.9 Å². The van der Waals surface area contributed by atoms with Gasteiger partial charge in [-0.1, -0.05) is 23.7 Å². The zero-order valence-electron chi connectivity index (χ0n) is 16.7. The molecule has 2 aromatic carbocycles. The largest absolute Gasteiger partial charge is 0.372 e. The third-order valence-corrected chi connectivity index (χ3v) is 6.70. The first-order valence-electron chi connectivity index (χ1n) is 9.61. The van der Waals surface area contributed by atoms with Crippen LogP contribution < -0.4 is 14.5 Å². The molecule has 6 nitrogen and oxygen atoms in total. The first-order chi connectivity index (χ1) is 13.8. The predicted octanol–water partition coefficient (Wildman–Crippen LogP) is 3.66. The van der Waals surface area contributed by atoms with Gasteiger partial charge in [-0.05, 0) is 55.2 Å². The summed E-state index contributed by atoms with van der Waals surface area (Å²) in [5.74, 6) is -0.348. The maximum absolute atomic E-state index is 12.6. The minimum Gasteiger partial charge on any atom is -0.372 e. The number of anilines is 2. The van der Waals surface area contributed by atoms with E-state index in [1.807, 2.05) is 12.1 Å². The number of halogens is 1. The highest BCUT2D eigenvalue weighted by molar-refractivity contribution is 7.92. The Kier molecular flexibility index (Phi) is 6.70. The average molecular weight is 436 g/mol. The minimum atomic E-state index is -3.43. The van der Waals surface area contributed by atoms with Crippen LogP contribution >= 0.6 is 11.6 Å². The molecule has 3 rings (SSSR count). The molecule has 1 saturated heterocycles. The number of benzene rings is 2. The van der Waals surface area contributed by atoms with E-state index in [1.54, 1.807) is 6.07 Å². The molecule has 0 radical (unpaired) electrons. The van der Waals surface area contributed by atoms with Gasteiger partial charge in [0.25, 0.3) is 5.91 Å². The number of carbonyl (C=O) groups is 1. The van der Waals surface area contributed by atoms with Gasteiger partial charge in [-0.2, -0.15) is 0 Å². The molecule has 156 valence electrons. The van der Waals surface area contributed by atoms with E-state index in [1.165, 1.54) is 44.1 Å². The maximum atomic E-state index is 12.6. The monoisotopic (exact) mass is 435 g/mol. The van der Waals surface area contributed by atoms with Crippen molar-refractivity contribution in [2.75, 3.05) is 35.6 Å². The normalized spacial score (nSPS) is 14.5. The second-order valence-corrected chi connectivity index (χ2v) is 9.71. The fourth-order valence-electron chi connectivity index (χ4n) is 3.33. The lowest BCUT2D eigenvalue weighted by atomic mass is 10.1. The van der Waals surface area contributed by atoms with Crippen LogP contribution in [0.2, 0.25) is 5.02 Å². The van der Waals surface area contributed by atoms with E-state index in [-0.39, 0.29) is 16.5 Å². The Hall–Kier alpha value is -2.25. The molecule has 0 bridgehead atoms. The smallest absolute Gasteiger partial charge is 0.253 e. The summed E-state index contributed by atoms with van der Waals surface area (Å²) in [6.45, 7) is 2.54. The van der Waals surface area contributed by atoms with E-state index in [4.69, 9.17) is 11.6 Å². The third-order valence-electron chi connectivity index (χ3n) is 5.17. The zero-order chi connectivity index (χ0) is 21.0. The van der Waals surface area contributed by atoms with Crippen LogP contribution in [0, 0.1) is 0 Å². The van der Waals surface area contributed by atoms with Gasteiger partial charge in [0.2, 0.25) is 10.0 Å². The van der Waals surface area contributed by atoms with Crippen LogP contribution in [0.5, 0.6) is 0 Å². The van der Waals surface area contributed by atoms with Crippen molar-refractivity contribution in [3.05, 3.63) is 58.6 Å². The van der Waals surface area contributed by atoms with E-state index >= 15 is 0 Å². The van der Waals surface area contributed by atoms with Gasteiger partial charge in [-0.15, -0.1) is 0 Å². The number of nitrogens with zero attached hydrogens (tertiary/aromatic N) is 2. The SMILES string of the molecule is CN(c1ccc(Cl)c(C(=O)NCc2ccc(N3CCCCC3)cc2)c1)S(C)(=O)=O. The summed E-state index contributed by atoms with van der Waals surface area (Å²) in [4.78, 5) is 15.0. The first kappa shape index (κ1) is 21.5. The fourth-order valence-corrected chi connectivity index (χ4v) is 4.03. The summed E-state index contributed by atoms with van der Waals surface area (Å²) < 4.78 is 24.6. The van der Waals surface area contributed by atoms with Crippen LogP contribution in [-0.2, 0) is 16.6 Å². The lowest BCUT2D eigenvalue weighted by Gasteiger charge is -2.28. The van der Waals surface area contributed by atoms with Crippen LogP contribution in [-0.4, -0.2) is 40.7 Å². The molecule has 0 spiro atoms. The minimum absolute atomic E-state index is 0.240. The Labute approximate surface area is 177 Å². The lowest BCUT2D eigenvalue weighted by Crippen LogP contribution is -2.29. The number of nitrogens with one attached hydrogen (secondary N) is 1. The van der Waals surface area contributed by atoms with Crippen LogP contribution in [0.15, 0.2) is 42.5 Å². The molecule has 0 unspecified atom stereocenters. The molecule has 1 amide bonds. The van der Waals surface area contributed by atoms with Gasteiger partial charge in [-0.25, -0.2) is 8.42 Å². The van der Waals surface area contributed by atoms with Gasteiger partial charge >= 0.3 is 0 Å². The second kappa shape index (κ2) is 9.05. The van der Waals surface area contributed by atoms with Crippen molar-refractivity contribution in [3.63, 3.8) is 0 Å². The van der Waals surface area contributed by atoms with Crippen molar-refractivity contribution in [1.29, 1.82) is 0 Å². The predicted molar refractivity (Wildman–Crippen MR) is 118 cm³/mol. The Morgan fingerprint density at radius 2 is 1.76 bits per heavy atom. The van der Waals surface area contributed by atoms with Crippen molar-refractivity contribution in [1.82, 2.24) is 5.32 Å². The molecular weight excluding hydrogens is 410 g/mol. The second-order valence-electron chi connectivity index (χ2n) is 7.29. The molecular formula is C21H26ClN3O3S. The maximum Gasteiger partial charge on any atom is 0.253 e. The third kappa shape index (κ3) is 5.42. The number of carbonyl (C=O) groups excluding carboxylic acids is 1. The summed E-state index contributed by atoms with van der Waals surface area (Å²) in [6, 6.07) is 12.8. The number of hydrogen-bond donors (Lipinski definition) is 1. The molecule has 1 aliphatic heterocycles. The molecule has 0 aromatic heterocycles. The van der Waals surface area contributed by atoms with Gasteiger partial charge in [0.05, 0.1) is 22.5 Å². The Bertz CT molecular complexity index is 971. The van der Waals surface area contributed by atoms with Crippen LogP contribution in [0.4, 0.5) is 11.4 Å². The summed E-state index contributed by atoms with van der Waals surface area (Å²) in [5.41, 5.74) is 2.82.